The number of rotatable bonds is 5. The number of ether oxygens (including phenoxy) is 1. The first kappa shape index (κ1) is 17.5. The zero-order valence-corrected chi connectivity index (χ0v) is 15.5. The molecule has 2 aromatic rings. The topological polar surface area (TPSA) is 38.3 Å². The molecule has 0 fully saturated rings. The van der Waals surface area contributed by atoms with Crippen molar-refractivity contribution in [3.05, 3.63) is 63.6 Å². The maximum absolute atomic E-state index is 12.4. The third-order valence-corrected chi connectivity index (χ3v) is 4.21. The number of halogens is 1. The van der Waals surface area contributed by atoms with Crippen molar-refractivity contribution in [3.63, 3.8) is 0 Å². The van der Waals surface area contributed by atoms with Crippen molar-refractivity contribution in [2.45, 2.75) is 39.8 Å². The van der Waals surface area contributed by atoms with Crippen LogP contribution < -0.4 is 10.1 Å². The van der Waals surface area contributed by atoms with Crippen molar-refractivity contribution in [3.8, 4) is 5.75 Å². The summed E-state index contributed by atoms with van der Waals surface area (Å²) < 4.78 is 6.91. The lowest BCUT2D eigenvalue weighted by Gasteiger charge is -2.21. The van der Waals surface area contributed by atoms with Crippen LogP contribution in [0.2, 0.25) is 0 Å². The Kier molecular flexibility index (Phi) is 5.83. The molecule has 122 valence electrons. The van der Waals surface area contributed by atoms with Gasteiger partial charge in [-0.25, -0.2) is 0 Å². The Labute approximate surface area is 146 Å². The van der Waals surface area contributed by atoms with E-state index < -0.39 is 6.10 Å². The molecule has 0 aliphatic carbocycles. The Morgan fingerprint density at radius 2 is 1.65 bits per heavy atom. The number of amides is 1. The predicted octanol–water partition coefficient (Wildman–Crippen LogP) is 4.71. The van der Waals surface area contributed by atoms with Gasteiger partial charge in [-0.2, -0.15) is 0 Å². The molecule has 0 aliphatic rings. The highest BCUT2D eigenvalue weighted by Gasteiger charge is 2.19. The van der Waals surface area contributed by atoms with Gasteiger partial charge >= 0.3 is 0 Å². The normalized spacial score (nSPS) is 13.3. The monoisotopic (exact) mass is 375 g/mol. The van der Waals surface area contributed by atoms with Crippen LogP contribution in [0.25, 0.3) is 0 Å². The van der Waals surface area contributed by atoms with Gasteiger partial charge in [0.05, 0.1) is 6.04 Å². The number of benzene rings is 2. The Morgan fingerprint density at radius 1 is 1.09 bits per heavy atom. The molecular weight excluding hydrogens is 354 g/mol. The molecule has 0 saturated carbocycles. The van der Waals surface area contributed by atoms with E-state index in [2.05, 4.69) is 21.2 Å². The van der Waals surface area contributed by atoms with Crippen LogP contribution in [0.15, 0.2) is 46.9 Å². The van der Waals surface area contributed by atoms with Gasteiger partial charge < -0.3 is 10.1 Å². The molecule has 2 atom stereocenters. The minimum atomic E-state index is -0.556. The predicted molar refractivity (Wildman–Crippen MR) is 96.7 cm³/mol. The second-order valence-electron chi connectivity index (χ2n) is 5.77. The van der Waals surface area contributed by atoms with E-state index in [-0.39, 0.29) is 11.9 Å². The van der Waals surface area contributed by atoms with E-state index in [0.717, 1.165) is 26.9 Å². The average molecular weight is 376 g/mol. The van der Waals surface area contributed by atoms with Gasteiger partial charge in [-0.1, -0.05) is 46.3 Å². The molecule has 0 spiro atoms. The zero-order chi connectivity index (χ0) is 17.0. The van der Waals surface area contributed by atoms with Gasteiger partial charge in [-0.05, 0) is 56.5 Å². The first-order valence-electron chi connectivity index (χ1n) is 7.67. The molecular formula is C19H22BrNO2. The van der Waals surface area contributed by atoms with E-state index in [0.29, 0.717) is 0 Å². The summed E-state index contributed by atoms with van der Waals surface area (Å²) in [6.45, 7) is 7.69. The first-order valence-corrected chi connectivity index (χ1v) is 8.46. The summed E-state index contributed by atoms with van der Waals surface area (Å²) in [7, 11) is 0. The van der Waals surface area contributed by atoms with Crippen LogP contribution in [0.4, 0.5) is 0 Å². The summed E-state index contributed by atoms with van der Waals surface area (Å²) >= 11 is 3.47. The van der Waals surface area contributed by atoms with Gasteiger partial charge in [0.1, 0.15) is 5.75 Å². The molecule has 0 saturated heterocycles. The van der Waals surface area contributed by atoms with E-state index in [9.17, 15) is 4.79 Å². The molecule has 1 N–H and O–H groups in total. The molecule has 0 heterocycles. The summed E-state index contributed by atoms with van der Waals surface area (Å²) in [6.07, 6.45) is -0.556. The minimum absolute atomic E-state index is 0.0538. The van der Waals surface area contributed by atoms with Crippen LogP contribution in [0, 0.1) is 13.8 Å². The van der Waals surface area contributed by atoms with E-state index in [4.69, 9.17) is 4.74 Å². The third kappa shape index (κ3) is 4.58. The molecule has 0 bridgehead atoms. The number of hydrogen-bond acceptors (Lipinski definition) is 2. The minimum Gasteiger partial charge on any atom is -0.480 e. The fourth-order valence-electron chi connectivity index (χ4n) is 2.47. The second kappa shape index (κ2) is 7.64. The fraction of sp³-hybridized carbons (Fsp3) is 0.316. The second-order valence-corrected chi connectivity index (χ2v) is 6.69. The van der Waals surface area contributed by atoms with Gasteiger partial charge in [0, 0.05) is 4.47 Å². The van der Waals surface area contributed by atoms with Crippen LogP contribution in [-0.4, -0.2) is 12.0 Å². The molecule has 2 rings (SSSR count). The van der Waals surface area contributed by atoms with Crippen LogP contribution in [-0.2, 0) is 4.79 Å². The van der Waals surface area contributed by atoms with Gasteiger partial charge in [-0.3, -0.25) is 4.79 Å². The van der Waals surface area contributed by atoms with Crippen molar-refractivity contribution >= 4 is 21.8 Å². The van der Waals surface area contributed by atoms with E-state index in [1.807, 2.05) is 63.2 Å². The smallest absolute Gasteiger partial charge is 0.261 e. The quantitative estimate of drug-likeness (QED) is 0.821. The highest BCUT2D eigenvalue weighted by atomic mass is 79.9. The Balaban J connectivity index is 2.03. The molecule has 0 radical (unpaired) electrons. The van der Waals surface area contributed by atoms with Crippen LogP contribution >= 0.6 is 15.9 Å². The van der Waals surface area contributed by atoms with E-state index >= 15 is 0 Å². The van der Waals surface area contributed by atoms with Gasteiger partial charge in [0.15, 0.2) is 6.10 Å². The Hall–Kier alpha value is -1.81. The van der Waals surface area contributed by atoms with Crippen LogP contribution in [0.5, 0.6) is 5.75 Å². The van der Waals surface area contributed by atoms with Crippen molar-refractivity contribution in [2.24, 2.45) is 0 Å². The molecule has 1 amide bonds. The molecule has 2 unspecified atom stereocenters. The number of carbonyl (C=O) groups is 1. The maximum atomic E-state index is 12.4. The lowest BCUT2D eigenvalue weighted by molar-refractivity contribution is -0.127. The summed E-state index contributed by atoms with van der Waals surface area (Å²) in [5, 5.41) is 2.99. The summed E-state index contributed by atoms with van der Waals surface area (Å²) in [5.41, 5.74) is 3.09. The molecule has 4 heteroatoms. The standard InChI is InChI=1S/C19H22BrNO2/c1-12-10-17(20)11-13(2)18(12)23-15(4)19(22)21-14(3)16-8-6-5-7-9-16/h5-11,14-15H,1-4H3,(H,21,22). The third-order valence-electron chi connectivity index (χ3n) is 3.75. The Bertz CT molecular complexity index is 662. The molecule has 0 aliphatic heterocycles. The lowest BCUT2D eigenvalue weighted by atomic mass is 10.1. The molecule has 2 aromatic carbocycles. The zero-order valence-electron chi connectivity index (χ0n) is 13.9. The average Bonchev–Trinajstić information content (AvgIpc) is 2.51. The highest BCUT2D eigenvalue weighted by Crippen LogP contribution is 2.28. The lowest BCUT2D eigenvalue weighted by Crippen LogP contribution is -2.38. The number of carbonyl (C=O) groups excluding carboxylic acids is 1. The summed E-state index contributed by atoms with van der Waals surface area (Å²) in [5.74, 6) is 0.645. The molecule has 3 nitrogen and oxygen atoms in total. The van der Waals surface area contributed by atoms with Gasteiger partial charge in [0.2, 0.25) is 0 Å². The van der Waals surface area contributed by atoms with Crippen molar-refractivity contribution in [1.82, 2.24) is 5.32 Å². The van der Waals surface area contributed by atoms with Crippen LogP contribution in [0.3, 0.4) is 0 Å². The van der Waals surface area contributed by atoms with E-state index in [1.165, 1.54) is 0 Å². The summed E-state index contributed by atoms with van der Waals surface area (Å²) in [4.78, 5) is 12.4. The van der Waals surface area contributed by atoms with Crippen molar-refractivity contribution in [2.75, 3.05) is 0 Å². The number of aryl methyl sites for hydroxylation is 2. The molecule has 23 heavy (non-hydrogen) atoms. The van der Waals surface area contributed by atoms with Crippen LogP contribution in [0.1, 0.15) is 36.6 Å². The largest absolute Gasteiger partial charge is 0.480 e. The van der Waals surface area contributed by atoms with Gasteiger partial charge in [-0.15, -0.1) is 0 Å². The van der Waals surface area contributed by atoms with E-state index in [1.54, 1.807) is 6.92 Å². The number of hydrogen-bond donors (Lipinski definition) is 1. The fourth-order valence-corrected chi connectivity index (χ4v) is 3.16. The Morgan fingerprint density at radius 3 is 2.22 bits per heavy atom. The SMILES string of the molecule is Cc1cc(Br)cc(C)c1OC(C)C(=O)NC(C)c1ccccc1. The van der Waals surface area contributed by atoms with Gasteiger partial charge in [0.25, 0.3) is 5.91 Å². The number of nitrogens with one attached hydrogen (secondary N) is 1. The van der Waals surface area contributed by atoms with Crippen molar-refractivity contribution in [1.29, 1.82) is 0 Å². The first-order chi connectivity index (χ1) is 10.9. The molecule has 0 aromatic heterocycles. The maximum Gasteiger partial charge on any atom is 0.261 e. The summed E-state index contributed by atoms with van der Waals surface area (Å²) in [6, 6.07) is 13.8. The van der Waals surface area contributed by atoms with Crippen molar-refractivity contribution < 1.29 is 9.53 Å². The highest BCUT2D eigenvalue weighted by molar-refractivity contribution is 9.10.